The van der Waals surface area contributed by atoms with Crippen molar-refractivity contribution in [3.63, 3.8) is 0 Å². The van der Waals surface area contributed by atoms with Crippen molar-refractivity contribution in [2.24, 2.45) is 22.2 Å². The van der Waals surface area contributed by atoms with E-state index in [9.17, 15) is 14.7 Å². The van der Waals surface area contributed by atoms with Crippen molar-refractivity contribution in [1.29, 1.82) is 0 Å². The summed E-state index contributed by atoms with van der Waals surface area (Å²) in [6.07, 6.45) is 6.03. The van der Waals surface area contributed by atoms with Crippen molar-refractivity contribution in [3.05, 3.63) is 35.4 Å². The van der Waals surface area contributed by atoms with E-state index in [0.29, 0.717) is 30.2 Å². The third kappa shape index (κ3) is 2.74. The fourth-order valence-corrected chi connectivity index (χ4v) is 7.47. The number of rotatable bonds is 4. The Morgan fingerprint density at radius 2 is 1.73 bits per heavy atom. The van der Waals surface area contributed by atoms with Crippen molar-refractivity contribution < 1.29 is 19.4 Å². The van der Waals surface area contributed by atoms with Gasteiger partial charge in [0.25, 0.3) is 11.8 Å². The molecule has 5 heteroatoms. The van der Waals surface area contributed by atoms with Crippen molar-refractivity contribution in [2.45, 2.75) is 71.5 Å². The number of hydrogen-bond donors (Lipinski definition) is 1. The van der Waals surface area contributed by atoms with Gasteiger partial charge in [-0.25, -0.2) is 0 Å². The van der Waals surface area contributed by atoms with Crippen molar-refractivity contribution in [1.82, 2.24) is 4.90 Å². The molecule has 2 bridgehead atoms. The molecule has 0 radical (unpaired) electrons. The number of amides is 2. The van der Waals surface area contributed by atoms with E-state index in [0.717, 1.165) is 38.5 Å². The fraction of sp³-hybridized carbons (Fsp3) is 0.680. The van der Waals surface area contributed by atoms with Crippen LogP contribution in [0.2, 0.25) is 0 Å². The molecular weight excluding hydrogens is 378 g/mol. The molecule has 3 fully saturated rings. The molecule has 1 aromatic carbocycles. The molecule has 30 heavy (non-hydrogen) atoms. The second kappa shape index (κ2) is 6.64. The molecule has 1 aromatic rings. The van der Waals surface area contributed by atoms with Crippen LogP contribution in [0.5, 0.6) is 0 Å². The van der Waals surface area contributed by atoms with Gasteiger partial charge in [0.15, 0.2) is 0 Å². The van der Waals surface area contributed by atoms with E-state index in [2.05, 4.69) is 20.8 Å². The monoisotopic (exact) mass is 411 g/mol. The summed E-state index contributed by atoms with van der Waals surface area (Å²) >= 11 is 0. The predicted octanol–water partition coefficient (Wildman–Crippen LogP) is 4.05. The maximum Gasteiger partial charge on any atom is 0.261 e. The maximum atomic E-state index is 12.6. The summed E-state index contributed by atoms with van der Waals surface area (Å²) in [6, 6.07) is 7.02. The topological polar surface area (TPSA) is 66.8 Å². The van der Waals surface area contributed by atoms with Gasteiger partial charge in [0, 0.05) is 5.41 Å². The summed E-state index contributed by atoms with van der Waals surface area (Å²) in [5, 5.41) is 10.7. The molecule has 3 saturated carbocycles. The predicted molar refractivity (Wildman–Crippen MR) is 113 cm³/mol. The first kappa shape index (κ1) is 20.2. The first-order valence-electron chi connectivity index (χ1n) is 11.4. The minimum absolute atomic E-state index is 0.0146. The van der Waals surface area contributed by atoms with E-state index < -0.39 is 0 Å². The number of imide groups is 1. The Morgan fingerprint density at radius 3 is 2.40 bits per heavy atom. The van der Waals surface area contributed by atoms with Crippen LogP contribution in [0, 0.1) is 22.2 Å². The normalized spacial score (nSPS) is 39.2. The van der Waals surface area contributed by atoms with Gasteiger partial charge in [0.1, 0.15) is 0 Å². The molecule has 0 saturated heterocycles. The molecule has 0 unspecified atom stereocenters. The summed E-state index contributed by atoms with van der Waals surface area (Å²) in [4.78, 5) is 26.6. The highest BCUT2D eigenvalue weighted by Gasteiger charge is 2.65. The highest BCUT2D eigenvalue weighted by Crippen LogP contribution is 2.69. The number of aliphatic hydroxyl groups excluding tert-OH is 1. The molecule has 3 aliphatic carbocycles. The molecule has 1 aliphatic heterocycles. The van der Waals surface area contributed by atoms with Gasteiger partial charge in [0.2, 0.25) is 0 Å². The molecule has 1 heterocycles. The smallest absolute Gasteiger partial charge is 0.261 e. The van der Waals surface area contributed by atoms with E-state index >= 15 is 0 Å². The van der Waals surface area contributed by atoms with Crippen molar-refractivity contribution >= 4 is 11.8 Å². The number of benzene rings is 1. The van der Waals surface area contributed by atoms with Crippen LogP contribution in [0.4, 0.5) is 0 Å². The first-order chi connectivity index (χ1) is 14.2. The molecule has 1 spiro atoms. The molecule has 0 aromatic heterocycles. The second-order valence-corrected chi connectivity index (χ2v) is 11.1. The average molecular weight is 412 g/mol. The summed E-state index contributed by atoms with van der Waals surface area (Å²) < 4.78 is 6.49. The lowest BCUT2D eigenvalue weighted by molar-refractivity contribution is -0.156. The highest BCUT2D eigenvalue weighted by atomic mass is 16.5. The van der Waals surface area contributed by atoms with Gasteiger partial charge >= 0.3 is 0 Å². The second-order valence-electron chi connectivity index (χ2n) is 11.1. The zero-order chi connectivity index (χ0) is 21.3. The third-order valence-electron chi connectivity index (χ3n) is 8.93. The van der Waals surface area contributed by atoms with Crippen LogP contribution in [0.25, 0.3) is 0 Å². The van der Waals surface area contributed by atoms with Crippen LogP contribution in [0.3, 0.4) is 0 Å². The van der Waals surface area contributed by atoms with Crippen molar-refractivity contribution in [2.75, 3.05) is 13.2 Å². The summed E-state index contributed by atoms with van der Waals surface area (Å²) in [7, 11) is 0. The number of carbonyl (C=O) groups excluding carboxylic acids is 2. The first-order valence-corrected chi connectivity index (χ1v) is 11.4. The molecule has 1 N–H and O–H groups in total. The summed E-state index contributed by atoms with van der Waals surface area (Å²) in [5.41, 5.74) is 1.29. The van der Waals surface area contributed by atoms with Gasteiger partial charge in [0.05, 0.1) is 36.5 Å². The largest absolute Gasteiger partial charge is 0.393 e. The van der Waals surface area contributed by atoms with E-state index in [1.165, 1.54) is 4.90 Å². The molecule has 4 aliphatic rings. The molecular formula is C25H33NO4. The number of nitrogens with zero attached hydrogens (tertiary/aromatic N) is 1. The third-order valence-corrected chi connectivity index (χ3v) is 8.93. The van der Waals surface area contributed by atoms with Gasteiger partial charge in [-0.1, -0.05) is 32.9 Å². The van der Waals surface area contributed by atoms with E-state index in [4.69, 9.17) is 4.74 Å². The van der Waals surface area contributed by atoms with Gasteiger partial charge < -0.3 is 9.84 Å². The van der Waals surface area contributed by atoms with E-state index in [-0.39, 0.29) is 40.3 Å². The van der Waals surface area contributed by atoms with E-state index in [1.54, 1.807) is 24.3 Å². The highest BCUT2D eigenvalue weighted by molar-refractivity contribution is 6.21. The number of ether oxygens (including phenoxy) is 1. The Bertz CT molecular complexity index is 860. The molecule has 162 valence electrons. The number of aliphatic hydroxyl groups is 1. The van der Waals surface area contributed by atoms with Gasteiger partial charge in [-0.05, 0) is 67.4 Å². The van der Waals surface area contributed by atoms with Crippen LogP contribution < -0.4 is 0 Å². The fourth-order valence-electron chi connectivity index (χ4n) is 7.47. The lowest BCUT2D eigenvalue weighted by atomic mass is 9.49. The van der Waals surface area contributed by atoms with Crippen LogP contribution in [-0.4, -0.2) is 47.2 Å². The lowest BCUT2D eigenvalue weighted by Crippen LogP contribution is -2.54. The Kier molecular flexibility index (Phi) is 4.47. The molecule has 5 nitrogen and oxygen atoms in total. The Balaban J connectivity index is 1.31. The maximum absolute atomic E-state index is 12.6. The zero-order valence-corrected chi connectivity index (χ0v) is 18.3. The standard InChI is InChI=1S/C25H33NO4/c1-23(2)14-20(25-11-9-19(27)24(3,15-25)10-8-18(23)25)30-13-12-26-21(28)16-6-4-5-7-17(16)22(26)29/h4-7,18-20,27H,8-15H2,1-3H3/t18-,19+,20-,24+,25-/m0/s1. The zero-order valence-electron chi connectivity index (χ0n) is 18.3. The summed E-state index contributed by atoms with van der Waals surface area (Å²) in [5.74, 6) is 0.177. The number of hydrogen-bond acceptors (Lipinski definition) is 4. The molecule has 5 rings (SSSR count). The molecule has 2 amide bonds. The minimum Gasteiger partial charge on any atom is -0.393 e. The van der Waals surface area contributed by atoms with E-state index in [1.807, 2.05) is 0 Å². The van der Waals surface area contributed by atoms with Gasteiger partial charge in [-0.2, -0.15) is 0 Å². The number of carbonyl (C=O) groups is 2. The average Bonchev–Trinajstić information content (AvgIpc) is 3.07. The summed E-state index contributed by atoms with van der Waals surface area (Å²) in [6.45, 7) is 7.64. The van der Waals surface area contributed by atoms with Crippen LogP contribution in [-0.2, 0) is 4.74 Å². The van der Waals surface area contributed by atoms with Crippen LogP contribution >= 0.6 is 0 Å². The van der Waals surface area contributed by atoms with Crippen LogP contribution in [0.15, 0.2) is 24.3 Å². The van der Waals surface area contributed by atoms with Gasteiger partial charge in [-0.3, -0.25) is 14.5 Å². The molecule has 5 atom stereocenters. The lowest BCUT2D eigenvalue weighted by Gasteiger charge is -2.58. The van der Waals surface area contributed by atoms with Gasteiger partial charge in [-0.15, -0.1) is 0 Å². The minimum atomic E-state index is -0.216. The quantitative estimate of drug-likeness (QED) is 0.759. The van der Waals surface area contributed by atoms with Crippen molar-refractivity contribution in [3.8, 4) is 0 Å². The van der Waals surface area contributed by atoms with Crippen LogP contribution in [0.1, 0.15) is 80.0 Å². The SMILES string of the molecule is CC1(C)C[C@H](OCCN2C(=O)c3ccccc3C2=O)[C@]23CC[C@@H](O)[C@](C)(CC[C@@H]12)C3. The Hall–Kier alpha value is -1.72. The Labute approximate surface area is 178 Å². The Morgan fingerprint density at radius 1 is 1.07 bits per heavy atom. The number of fused-ring (bicyclic) bond motifs is 2.